The molecular weight excluding hydrogens is 608 g/mol. The van der Waals surface area contributed by atoms with E-state index in [1.165, 1.54) is 6.42 Å². The third-order valence-corrected chi connectivity index (χ3v) is 8.46. The van der Waals surface area contributed by atoms with Crippen LogP contribution in [0.4, 0.5) is 0 Å². The summed E-state index contributed by atoms with van der Waals surface area (Å²) in [5.74, 6) is 0. The van der Waals surface area contributed by atoms with E-state index in [9.17, 15) is 46.0 Å². The summed E-state index contributed by atoms with van der Waals surface area (Å²) in [6.07, 6.45) is -16.4. The summed E-state index contributed by atoms with van der Waals surface area (Å²) in [5, 5.41) is 93.0. The molecule has 0 aromatic carbocycles. The zero-order chi connectivity index (χ0) is 32.7. The van der Waals surface area contributed by atoms with Crippen LogP contribution in [0.5, 0.6) is 0 Å². The zero-order valence-electron chi connectivity index (χ0n) is 25.3. The van der Waals surface area contributed by atoms with Gasteiger partial charge in [-0.2, -0.15) is 0 Å². The lowest BCUT2D eigenvalue weighted by molar-refractivity contribution is -0.357. The molecule has 4 aliphatic heterocycles. The van der Waals surface area contributed by atoms with Crippen LogP contribution in [0, 0.1) is 0 Å². The number of aliphatic hydroxyl groups excluding tert-OH is 9. The van der Waals surface area contributed by atoms with Crippen LogP contribution < -0.4 is 0 Å². The number of rotatable bonds is 14. The minimum Gasteiger partial charge on any atom is -0.388 e. The molecular formula is C28H50O17. The largest absolute Gasteiger partial charge is 0.388 e. The van der Waals surface area contributed by atoms with E-state index in [-0.39, 0.29) is 26.4 Å². The van der Waals surface area contributed by atoms with Crippen molar-refractivity contribution in [1.29, 1.82) is 0 Å². The predicted molar refractivity (Wildman–Crippen MR) is 147 cm³/mol. The Kier molecular flexibility index (Phi) is 14.6. The van der Waals surface area contributed by atoms with Gasteiger partial charge >= 0.3 is 0 Å². The summed E-state index contributed by atoms with van der Waals surface area (Å²) >= 11 is 0. The second-order valence-electron chi connectivity index (χ2n) is 12.0. The van der Waals surface area contributed by atoms with Crippen LogP contribution in [0.2, 0.25) is 0 Å². The molecule has 0 bridgehead atoms. The van der Waals surface area contributed by atoms with E-state index in [4.69, 9.17) is 37.9 Å². The van der Waals surface area contributed by atoms with Gasteiger partial charge in [0.25, 0.3) is 0 Å². The Morgan fingerprint density at radius 3 is 1.31 bits per heavy atom. The fraction of sp³-hybridized carbons (Fsp3) is 1.00. The molecule has 4 heterocycles. The molecule has 16 atom stereocenters. The first-order valence-electron chi connectivity index (χ1n) is 15.7. The minimum absolute atomic E-state index is 0.173. The van der Waals surface area contributed by atoms with Gasteiger partial charge in [0.2, 0.25) is 0 Å². The molecule has 17 heteroatoms. The Morgan fingerprint density at radius 1 is 0.444 bits per heavy atom. The lowest BCUT2D eigenvalue weighted by atomic mass is 10.0. The molecule has 9 N–H and O–H groups in total. The van der Waals surface area contributed by atoms with Crippen molar-refractivity contribution in [3.63, 3.8) is 0 Å². The van der Waals surface area contributed by atoms with Crippen molar-refractivity contribution in [2.75, 3.05) is 33.0 Å². The van der Waals surface area contributed by atoms with Gasteiger partial charge in [-0.3, -0.25) is 0 Å². The van der Waals surface area contributed by atoms with E-state index >= 15 is 0 Å². The zero-order valence-corrected chi connectivity index (χ0v) is 25.3. The van der Waals surface area contributed by atoms with Crippen LogP contribution in [0.1, 0.15) is 45.4 Å². The topological polar surface area (TPSA) is 256 Å². The standard InChI is InChI=1S/C28H50O17/c1-2-3-4-5-6-7-8-38-25-22(35)18(31)14(10-40-25)44-27-24(37)20(33)16(12-42-27)45-28-23(36)19(32)15(11-41-28)43-26-21(34)17(30)13(29)9-39-26/h13-37H,2-12H2,1H3. The molecule has 0 spiro atoms. The number of hydrogen-bond donors (Lipinski definition) is 9. The highest BCUT2D eigenvalue weighted by Crippen LogP contribution is 2.29. The Hall–Kier alpha value is -0.680. The van der Waals surface area contributed by atoms with Gasteiger partial charge in [0.05, 0.1) is 26.4 Å². The van der Waals surface area contributed by atoms with Crippen molar-refractivity contribution in [3.05, 3.63) is 0 Å². The van der Waals surface area contributed by atoms with Gasteiger partial charge in [0.1, 0.15) is 73.2 Å². The third-order valence-electron chi connectivity index (χ3n) is 8.46. The van der Waals surface area contributed by atoms with E-state index in [0.717, 1.165) is 32.1 Å². The molecule has 4 aliphatic rings. The molecule has 4 fully saturated rings. The third kappa shape index (κ3) is 9.48. The van der Waals surface area contributed by atoms with E-state index in [1.807, 2.05) is 0 Å². The Bertz CT molecular complexity index is 856. The summed E-state index contributed by atoms with van der Waals surface area (Å²) in [5.41, 5.74) is 0. The van der Waals surface area contributed by atoms with Crippen molar-refractivity contribution >= 4 is 0 Å². The average molecular weight is 659 g/mol. The summed E-state index contributed by atoms with van der Waals surface area (Å²) in [6.45, 7) is 1.32. The molecule has 0 radical (unpaired) electrons. The summed E-state index contributed by atoms with van der Waals surface area (Å²) in [4.78, 5) is 0. The normalized spacial score (nSPS) is 46.3. The van der Waals surface area contributed by atoms with Crippen LogP contribution >= 0.6 is 0 Å². The van der Waals surface area contributed by atoms with Gasteiger partial charge in [-0.25, -0.2) is 0 Å². The fourth-order valence-corrected chi connectivity index (χ4v) is 5.55. The maximum absolute atomic E-state index is 10.7. The molecule has 0 saturated carbocycles. The summed E-state index contributed by atoms with van der Waals surface area (Å²) < 4.78 is 43.9. The smallest absolute Gasteiger partial charge is 0.186 e. The van der Waals surface area contributed by atoms with E-state index in [2.05, 4.69) is 6.92 Å². The van der Waals surface area contributed by atoms with Gasteiger partial charge < -0.3 is 83.9 Å². The van der Waals surface area contributed by atoms with Crippen molar-refractivity contribution in [2.45, 2.75) is 144 Å². The van der Waals surface area contributed by atoms with Gasteiger partial charge in [-0.1, -0.05) is 39.0 Å². The Balaban J connectivity index is 1.19. The maximum Gasteiger partial charge on any atom is 0.186 e. The van der Waals surface area contributed by atoms with Crippen LogP contribution in [0.15, 0.2) is 0 Å². The number of ether oxygens (including phenoxy) is 8. The highest BCUT2D eigenvalue weighted by Gasteiger charge is 2.49. The first kappa shape index (κ1) is 37.1. The predicted octanol–water partition coefficient (Wildman–Crippen LogP) is -3.81. The van der Waals surface area contributed by atoms with Crippen molar-refractivity contribution in [3.8, 4) is 0 Å². The molecule has 17 nitrogen and oxygen atoms in total. The van der Waals surface area contributed by atoms with Gasteiger partial charge in [0, 0.05) is 6.61 Å². The van der Waals surface area contributed by atoms with E-state index in [0.29, 0.717) is 6.61 Å². The summed E-state index contributed by atoms with van der Waals surface area (Å²) in [7, 11) is 0. The molecule has 0 aromatic heterocycles. The van der Waals surface area contributed by atoms with Crippen LogP contribution in [0.25, 0.3) is 0 Å². The molecule has 0 aliphatic carbocycles. The molecule has 4 rings (SSSR count). The number of hydrogen-bond acceptors (Lipinski definition) is 17. The molecule has 0 amide bonds. The molecule has 45 heavy (non-hydrogen) atoms. The quantitative estimate of drug-likeness (QED) is 0.0811. The lowest BCUT2D eigenvalue weighted by Crippen LogP contribution is -2.62. The maximum atomic E-state index is 10.7. The van der Waals surface area contributed by atoms with Crippen LogP contribution in [0.3, 0.4) is 0 Å². The van der Waals surface area contributed by atoms with Gasteiger partial charge in [-0.15, -0.1) is 0 Å². The highest BCUT2D eigenvalue weighted by atomic mass is 16.8. The first-order valence-corrected chi connectivity index (χ1v) is 15.7. The van der Waals surface area contributed by atoms with Crippen LogP contribution in [-0.4, -0.2) is 177 Å². The Labute approximate surface area is 261 Å². The average Bonchev–Trinajstić information content (AvgIpc) is 3.03. The SMILES string of the molecule is CCCCCCCCOC1OCC(OC2OCC(OC3OCC(OC4OCC(O)C(O)C4O)C(O)C3O)C(O)C2O)C(O)C1O. The molecule has 4 saturated heterocycles. The second kappa shape index (κ2) is 17.6. The molecule has 16 unspecified atom stereocenters. The van der Waals surface area contributed by atoms with Crippen molar-refractivity contribution in [1.82, 2.24) is 0 Å². The van der Waals surface area contributed by atoms with Gasteiger partial charge in [0.15, 0.2) is 25.2 Å². The Morgan fingerprint density at radius 2 is 0.822 bits per heavy atom. The number of unbranched alkanes of at least 4 members (excludes halogenated alkanes) is 5. The first-order chi connectivity index (χ1) is 21.5. The van der Waals surface area contributed by atoms with E-state index < -0.39 is 98.4 Å². The minimum atomic E-state index is -1.70. The molecule has 264 valence electrons. The van der Waals surface area contributed by atoms with E-state index in [1.54, 1.807) is 0 Å². The van der Waals surface area contributed by atoms with Crippen molar-refractivity contribution in [2.24, 2.45) is 0 Å². The number of aliphatic hydroxyl groups is 9. The van der Waals surface area contributed by atoms with Crippen molar-refractivity contribution < 1.29 is 83.9 Å². The van der Waals surface area contributed by atoms with Crippen LogP contribution in [-0.2, 0) is 37.9 Å². The lowest BCUT2D eigenvalue weighted by Gasteiger charge is -2.44. The monoisotopic (exact) mass is 658 g/mol. The molecule has 0 aromatic rings. The fourth-order valence-electron chi connectivity index (χ4n) is 5.55. The second-order valence-corrected chi connectivity index (χ2v) is 12.0. The van der Waals surface area contributed by atoms with Gasteiger partial charge in [-0.05, 0) is 6.42 Å². The highest BCUT2D eigenvalue weighted by molar-refractivity contribution is 4.91. The summed E-state index contributed by atoms with van der Waals surface area (Å²) in [6, 6.07) is 0.